The van der Waals surface area contributed by atoms with Gasteiger partial charge in [-0.15, -0.1) is 0 Å². The van der Waals surface area contributed by atoms with Crippen LogP contribution in [0.4, 0.5) is 24.8 Å². The molecule has 212 valence electrons. The average Bonchev–Trinajstić information content (AvgIpc) is 3.11. The summed E-state index contributed by atoms with van der Waals surface area (Å²) < 4.78 is 70.5. The van der Waals surface area contributed by atoms with E-state index < -0.39 is 27.6 Å². The second-order valence-corrected chi connectivity index (χ2v) is 11.9. The third kappa shape index (κ3) is 5.46. The van der Waals surface area contributed by atoms with Gasteiger partial charge in [0.25, 0.3) is 5.91 Å². The quantitative estimate of drug-likeness (QED) is 0.377. The maximum Gasteiger partial charge on any atom is 0.433 e. The van der Waals surface area contributed by atoms with E-state index in [1.165, 1.54) is 12.1 Å². The van der Waals surface area contributed by atoms with Gasteiger partial charge in [-0.2, -0.15) is 13.2 Å². The van der Waals surface area contributed by atoms with Crippen molar-refractivity contribution >= 4 is 38.3 Å². The Balaban J connectivity index is 1.23. The molecule has 6 rings (SSSR count). The van der Waals surface area contributed by atoms with Crippen molar-refractivity contribution < 1.29 is 31.1 Å². The van der Waals surface area contributed by atoms with Crippen molar-refractivity contribution in [3.05, 3.63) is 82.8 Å². The van der Waals surface area contributed by atoms with Crippen molar-refractivity contribution in [3.63, 3.8) is 0 Å². The average molecular weight is 584 g/mol. The van der Waals surface area contributed by atoms with Gasteiger partial charge in [0, 0.05) is 23.7 Å². The van der Waals surface area contributed by atoms with Crippen LogP contribution in [0.15, 0.2) is 59.6 Å². The van der Waals surface area contributed by atoms with E-state index in [2.05, 4.69) is 20.3 Å². The van der Waals surface area contributed by atoms with Gasteiger partial charge in [-0.25, -0.2) is 18.4 Å². The first-order valence-electron chi connectivity index (χ1n) is 12.9. The maximum atomic E-state index is 13.3. The lowest BCUT2D eigenvalue weighted by atomic mass is 10.0. The topological polar surface area (TPSA) is 114 Å². The Hall–Kier alpha value is -4.10. The van der Waals surface area contributed by atoms with E-state index in [1.807, 2.05) is 0 Å². The summed E-state index contributed by atoms with van der Waals surface area (Å²) in [6.07, 6.45) is -1.58. The monoisotopic (exact) mass is 583 g/mol. The minimum absolute atomic E-state index is 0.0523. The third-order valence-electron chi connectivity index (χ3n) is 7.07. The summed E-state index contributed by atoms with van der Waals surface area (Å²) in [6.45, 7) is 0.777. The number of nitrogens with zero attached hydrogens (tertiary/aromatic N) is 4. The summed E-state index contributed by atoms with van der Waals surface area (Å²) in [7, 11) is -3.56. The lowest BCUT2D eigenvalue weighted by Crippen LogP contribution is -2.27. The van der Waals surface area contributed by atoms with E-state index in [-0.39, 0.29) is 41.8 Å². The van der Waals surface area contributed by atoms with Gasteiger partial charge in [0.1, 0.15) is 17.3 Å². The smallest absolute Gasteiger partial charge is 0.376 e. The lowest BCUT2D eigenvalue weighted by molar-refractivity contribution is -0.141. The first-order chi connectivity index (χ1) is 19.6. The minimum Gasteiger partial charge on any atom is -0.376 e. The van der Waals surface area contributed by atoms with Crippen LogP contribution >= 0.6 is 0 Å². The molecular formula is C28H24F3N5O4S. The van der Waals surface area contributed by atoms with Crippen molar-refractivity contribution in [1.82, 2.24) is 20.3 Å². The zero-order chi connectivity index (χ0) is 28.8. The standard InChI is InChI=1S/C28H24F3N5O4S/c29-28(30,31)24-7-5-17-2-1-9-36(26(17)35-24)25-8-6-19-14-32-21(13-22(19)34-25)15-33-27(37)18-3-4-20-16-40-10-11-41(38,39)23(20)12-18/h3-8,12-14H,1-2,9-11,15-16H2,(H,33,37). The number of alkyl halides is 3. The van der Waals surface area contributed by atoms with Crippen LogP contribution in [0, 0.1) is 0 Å². The number of benzene rings is 1. The van der Waals surface area contributed by atoms with Crippen LogP contribution in [-0.2, 0) is 40.3 Å². The van der Waals surface area contributed by atoms with E-state index >= 15 is 0 Å². The maximum absolute atomic E-state index is 13.3. The molecule has 4 aromatic rings. The molecule has 0 fully saturated rings. The summed E-state index contributed by atoms with van der Waals surface area (Å²) in [5.41, 5.74) is 1.54. The van der Waals surface area contributed by atoms with Crippen molar-refractivity contribution in [2.24, 2.45) is 0 Å². The molecule has 0 atom stereocenters. The molecule has 2 aliphatic rings. The van der Waals surface area contributed by atoms with Gasteiger partial charge in [0.15, 0.2) is 9.84 Å². The number of halogens is 3. The summed E-state index contributed by atoms with van der Waals surface area (Å²) in [5.74, 6) is 0.0903. The number of carbonyl (C=O) groups is 1. The highest BCUT2D eigenvalue weighted by Gasteiger charge is 2.34. The minimum atomic E-state index is -4.55. The summed E-state index contributed by atoms with van der Waals surface area (Å²) in [4.78, 5) is 27.6. The first-order valence-corrected chi connectivity index (χ1v) is 14.6. The van der Waals surface area contributed by atoms with E-state index in [1.54, 1.807) is 41.4 Å². The molecule has 9 nitrogen and oxygen atoms in total. The fourth-order valence-corrected chi connectivity index (χ4v) is 6.34. The predicted octanol–water partition coefficient (Wildman–Crippen LogP) is 4.36. The van der Waals surface area contributed by atoms with Crippen LogP contribution in [-0.4, -0.2) is 48.2 Å². The SMILES string of the molecule is O=C(NCc1cc2nc(N3CCCc4ccc(C(F)(F)F)nc43)ccc2cn1)c1ccc2c(c1)S(=O)(=O)CCOC2. The van der Waals surface area contributed by atoms with Gasteiger partial charge in [-0.3, -0.25) is 9.78 Å². The number of ether oxygens (including phenoxy) is 1. The molecule has 2 aliphatic heterocycles. The number of amides is 1. The Kier molecular flexibility index (Phi) is 6.86. The molecule has 0 bridgehead atoms. The summed E-state index contributed by atoms with van der Waals surface area (Å²) in [5, 5.41) is 3.48. The molecule has 0 radical (unpaired) electrons. The number of aromatic nitrogens is 3. The molecule has 0 saturated heterocycles. The van der Waals surface area contributed by atoms with Crippen LogP contribution in [0.3, 0.4) is 0 Å². The molecule has 41 heavy (non-hydrogen) atoms. The highest BCUT2D eigenvalue weighted by molar-refractivity contribution is 7.91. The second-order valence-electron chi connectivity index (χ2n) is 9.85. The van der Waals surface area contributed by atoms with Crippen LogP contribution in [0.2, 0.25) is 0 Å². The lowest BCUT2D eigenvalue weighted by Gasteiger charge is -2.30. The number of aryl methyl sites for hydroxylation is 1. The normalized spacial score (nSPS) is 16.5. The number of fused-ring (bicyclic) bond motifs is 3. The van der Waals surface area contributed by atoms with Crippen LogP contribution in [0.1, 0.15) is 39.3 Å². The van der Waals surface area contributed by atoms with E-state index in [0.717, 1.165) is 23.4 Å². The molecule has 1 N–H and O–H groups in total. The van der Waals surface area contributed by atoms with Gasteiger partial charge in [-0.1, -0.05) is 12.1 Å². The number of carbonyl (C=O) groups excluding carboxylic acids is 1. The zero-order valence-corrected chi connectivity index (χ0v) is 22.4. The third-order valence-corrected chi connectivity index (χ3v) is 8.82. The van der Waals surface area contributed by atoms with Gasteiger partial charge in [0.2, 0.25) is 0 Å². The highest BCUT2D eigenvalue weighted by atomic mass is 32.2. The fraction of sp³-hybridized carbons (Fsp3) is 0.286. The Morgan fingerprint density at radius 1 is 1.05 bits per heavy atom. The fourth-order valence-electron chi connectivity index (χ4n) is 4.95. The zero-order valence-electron chi connectivity index (χ0n) is 21.6. The molecule has 1 aromatic carbocycles. The first kappa shape index (κ1) is 27.1. The Bertz CT molecular complexity index is 1780. The summed E-state index contributed by atoms with van der Waals surface area (Å²) >= 11 is 0. The highest BCUT2D eigenvalue weighted by Crippen LogP contribution is 2.36. The number of sulfone groups is 1. The van der Waals surface area contributed by atoms with Gasteiger partial charge in [0.05, 0.1) is 41.6 Å². The molecule has 0 unspecified atom stereocenters. The van der Waals surface area contributed by atoms with E-state index in [4.69, 9.17) is 4.74 Å². The van der Waals surface area contributed by atoms with Crippen molar-refractivity contribution in [2.75, 3.05) is 23.8 Å². The largest absolute Gasteiger partial charge is 0.433 e. The van der Waals surface area contributed by atoms with E-state index in [0.29, 0.717) is 35.6 Å². The molecule has 0 aliphatic carbocycles. The number of anilines is 2. The van der Waals surface area contributed by atoms with Crippen LogP contribution in [0.5, 0.6) is 0 Å². The number of rotatable bonds is 4. The Labute approximate surface area is 233 Å². The van der Waals surface area contributed by atoms with Gasteiger partial charge >= 0.3 is 6.18 Å². The molecule has 0 saturated carbocycles. The summed E-state index contributed by atoms with van der Waals surface area (Å²) in [6, 6.07) is 12.2. The molecule has 1 amide bonds. The number of hydrogen-bond donors (Lipinski definition) is 1. The van der Waals surface area contributed by atoms with Crippen LogP contribution < -0.4 is 10.2 Å². The predicted molar refractivity (Wildman–Crippen MR) is 143 cm³/mol. The van der Waals surface area contributed by atoms with Gasteiger partial charge < -0.3 is 15.0 Å². The Morgan fingerprint density at radius 3 is 2.71 bits per heavy atom. The van der Waals surface area contributed by atoms with Crippen molar-refractivity contribution in [2.45, 2.75) is 37.1 Å². The van der Waals surface area contributed by atoms with Crippen LogP contribution in [0.25, 0.3) is 10.9 Å². The molecule has 13 heteroatoms. The molecule has 5 heterocycles. The van der Waals surface area contributed by atoms with Crippen molar-refractivity contribution in [1.29, 1.82) is 0 Å². The number of hydrogen-bond acceptors (Lipinski definition) is 8. The number of nitrogens with one attached hydrogen (secondary N) is 1. The van der Waals surface area contributed by atoms with Crippen molar-refractivity contribution in [3.8, 4) is 0 Å². The molecule has 0 spiro atoms. The van der Waals surface area contributed by atoms with E-state index in [9.17, 15) is 26.4 Å². The number of pyridine rings is 3. The van der Waals surface area contributed by atoms with Gasteiger partial charge in [-0.05, 0) is 60.4 Å². The molecular weight excluding hydrogens is 559 g/mol. The molecule has 3 aromatic heterocycles. The Morgan fingerprint density at radius 2 is 1.88 bits per heavy atom. The second kappa shape index (κ2) is 10.4.